The molecule has 0 aliphatic heterocycles. The van der Waals surface area contributed by atoms with Crippen LogP contribution in [0.15, 0.2) is 0 Å². The van der Waals surface area contributed by atoms with Crippen molar-refractivity contribution in [1.82, 2.24) is 5.06 Å². The fraction of sp³-hybridized carbons (Fsp3) is 0.625. The van der Waals surface area contributed by atoms with Crippen LogP contribution in [0.3, 0.4) is 0 Å². The molecule has 83 valence electrons. The molecule has 0 atom stereocenters. The summed E-state index contributed by atoms with van der Waals surface area (Å²) in [5.41, 5.74) is 0. The monoisotopic (exact) mass is 365 g/mol. The van der Waals surface area contributed by atoms with Gasteiger partial charge in [-0.05, 0) is 13.8 Å². The van der Waals surface area contributed by atoms with Gasteiger partial charge in [-0.1, -0.05) is 0 Å². The smallest absolute Gasteiger partial charge is 0.242 e. The number of Topliss-reactive ketones (excluding diaryl/α,β-unsaturated/α-hetero) is 1. The summed E-state index contributed by atoms with van der Waals surface area (Å²) < 4.78 is 0. The number of hydrogen-bond acceptors (Lipinski definition) is 3. The van der Waals surface area contributed by atoms with E-state index in [0.717, 1.165) is 5.06 Å². The maximum Gasteiger partial charge on any atom is 0.242 e. The SMILES string of the molecule is CC(C)=O.CON(C)C(C)=O.[B].[CH3-].[Y].[Y]. The third-order valence-corrected chi connectivity index (χ3v) is 0.717. The van der Waals surface area contributed by atoms with E-state index in [4.69, 9.17) is 0 Å². The Morgan fingerprint density at radius 1 is 1.07 bits per heavy atom. The number of carbonyl (C=O) groups excluding carboxylic acids is 2. The second kappa shape index (κ2) is 24.6. The minimum atomic E-state index is -0.0949. The molecule has 0 rings (SSSR count). The zero-order chi connectivity index (χ0) is 9.44. The van der Waals surface area contributed by atoms with Crippen molar-refractivity contribution in [2.24, 2.45) is 0 Å². The first-order chi connectivity index (χ1) is 4.91. The van der Waals surface area contributed by atoms with E-state index in [1.54, 1.807) is 7.05 Å². The van der Waals surface area contributed by atoms with E-state index in [9.17, 15) is 9.59 Å². The van der Waals surface area contributed by atoms with Crippen molar-refractivity contribution in [3.8, 4) is 0 Å². The fourth-order valence-electron chi connectivity index (χ4n) is 0.129. The molecular weight excluding hydrogens is 347 g/mol. The summed E-state index contributed by atoms with van der Waals surface area (Å²) in [5.74, 6) is 0.0718. The number of nitrogens with zero attached hydrogens (tertiary/aromatic N) is 1. The molecule has 1 amide bonds. The number of hydroxylamine groups is 2. The van der Waals surface area contributed by atoms with Gasteiger partial charge in [-0.15, -0.1) is 0 Å². The molecule has 0 spiro atoms. The molecular formula is C8H18BNO3Y2-. The van der Waals surface area contributed by atoms with Crippen molar-refractivity contribution >= 4 is 20.1 Å². The first kappa shape index (κ1) is 36.0. The maximum absolute atomic E-state index is 10.2. The van der Waals surface area contributed by atoms with Crippen molar-refractivity contribution in [3.63, 3.8) is 0 Å². The molecule has 0 fully saturated rings. The molecule has 0 unspecified atom stereocenters. The van der Waals surface area contributed by atoms with Crippen LogP contribution >= 0.6 is 0 Å². The molecule has 0 aromatic carbocycles. The molecule has 0 N–H and O–H groups in total. The number of ketones is 1. The standard InChI is InChI=1S/C4H9NO2.C3H6O.CH3.B.2Y/c1-4(6)5(2)7-3;1-3(2)4;;;;/h1-3H3;1-2H3;1H3;;;/q;;-1;;;. The molecule has 0 heterocycles. The van der Waals surface area contributed by atoms with Gasteiger partial charge in [0.15, 0.2) is 0 Å². The second-order valence-electron chi connectivity index (χ2n) is 2.11. The van der Waals surface area contributed by atoms with Crippen LogP contribution in [0.2, 0.25) is 0 Å². The van der Waals surface area contributed by atoms with E-state index >= 15 is 0 Å². The van der Waals surface area contributed by atoms with E-state index < -0.39 is 0 Å². The Hall–Kier alpha value is 1.37. The van der Waals surface area contributed by atoms with Crippen LogP contribution < -0.4 is 0 Å². The summed E-state index contributed by atoms with van der Waals surface area (Å²) in [6.45, 7) is 4.49. The third-order valence-electron chi connectivity index (χ3n) is 0.717. The first-order valence-electron chi connectivity index (χ1n) is 3.17. The van der Waals surface area contributed by atoms with Crippen molar-refractivity contribution in [1.29, 1.82) is 0 Å². The Morgan fingerprint density at radius 2 is 1.27 bits per heavy atom. The van der Waals surface area contributed by atoms with Crippen molar-refractivity contribution < 1.29 is 79.8 Å². The molecule has 5 radical (unpaired) electrons. The largest absolute Gasteiger partial charge is 0.358 e. The zero-order valence-corrected chi connectivity index (χ0v) is 16.1. The van der Waals surface area contributed by atoms with Crippen LogP contribution in [-0.2, 0) is 79.8 Å². The predicted octanol–water partition coefficient (Wildman–Crippen LogP) is 0.686. The van der Waals surface area contributed by atoms with Crippen molar-refractivity contribution in [3.05, 3.63) is 7.43 Å². The summed E-state index contributed by atoms with van der Waals surface area (Å²) in [6, 6.07) is 0. The zero-order valence-electron chi connectivity index (χ0n) is 10.4. The van der Waals surface area contributed by atoms with E-state index in [2.05, 4.69) is 4.84 Å². The fourth-order valence-corrected chi connectivity index (χ4v) is 0.129. The minimum Gasteiger partial charge on any atom is -0.358 e. The Morgan fingerprint density at radius 3 is 1.27 bits per heavy atom. The van der Waals surface area contributed by atoms with E-state index in [1.165, 1.54) is 27.9 Å². The number of rotatable bonds is 1. The molecule has 15 heavy (non-hydrogen) atoms. The van der Waals surface area contributed by atoms with E-state index in [1.807, 2.05) is 0 Å². The molecule has 4 nitrogen and oxygen atoms in total. The van der Waals surface area contributed by atoms with Crippen LogP contribution in [0.25, 0.3) is 0 Å². The summed E-state index contributed by atoms with van der Waals surface area (Å²) >= 11 is 0. The Balaban J connectivity index is -0.0000000230. The Bertz CT molecular complexity index is 144. The average Bonchev–Trinajstić information content (AvgIpc) is 1.85. The van der Waals surface area contributed by atoms with Gasteiger partial charge < -0.3 is 12.2 Å². The summed E-state index contributed by atoms with van der Waals surface area (Å²) in [4.78, 5) is 24.1. The number of hydrogen-bond donors (Lipinski definition) is 0. The molecule has 0 saturated heterocycles. The van der Waals surface area contributed by atoms with Gasteiger partial charge in [-0.25, -0.2) is 5.06 Å². The molecule has 7 heteroatoms. The summed E-state index contributed by atoms with van der Waals surface area (Å²) in [6.07, 6.45) is 0. The number of amides is 1. The molecule has 0 bridgehead atoms. The van der Waals surface area contributed by atoms with Crippen LogP contribution in [0, 0.1) is 7.43 Å². The maximum atomic E-state index is 10.2. The third kappa shape index (κ3) is 50.6. The van der Waals surface area contributed by atoms with Gasteiger partial charge in [0.1, 0.15) is 5.78 Å². The molecule has 0 aliphatic rings. The molecule has 0 aromatic rings. The van der Waals surface area contributed by atoms with Gasteiger partial charge in [0, 0.05) is 87.8 Å². The van der Waals surface area contributed by atoms with Crippen LogP contribution in [0.1, 0.15) is 20.8 Å². The van der Waals surface area contributed by atoms with Crippen LogP contribution in [0.5, 0.6) is 0 Å². The van der Waals surface area contributed by atoms with Gasteiger partial charge in [0.25, 0.3) is 0 Å². The molecule has 0 aliphatic carbocycles. The second-order valence-corrected chi connectivity index (χ2v) is 2.11. The van der Waals surface area contributed by atoms with Crippen LogP contribution in [-0.4, -0.2) is 39.3 Å². The normalized spacial score (nSPS) is 5.67. The molecule has 0 aromatic heterocycles. The van der Waals surface area contributed by atoms with Gasteiger partial charge in [0.05, 0.1) is 7.11 Å². The topological polar surface area (TPSA) is 46.6 Å². The van der Waals surface area contributed by atoms with Gasteiger partial charge in [0.2, 0.25) is 5.91 Å². The van der Waals surface area contributed by atoms with E-state index in [0.29, 0.717) is 0 Å². The minimum absolute atomic E-state index is 0. The van der Waals surface area contributed by atoms with E-state index in [-0.39, 0.29) is 92.9 Å². The van der Waals surface area contributed by atoms with Gasteiger partial charge >= 0.3 is 0 Å². The van der Waals surface area contributed by atoms with Crippen molar-refractivity contribution in [2.75, 3.05) is 14.2 Å². The average molecular weight is 365 g/mol. The van der Waals surface area contributed by atoms with Crippen LogP contribution in [0.4, 0.5) is 0 Å². The number of carbonyl (C=O) groups is 2. The van der Waals surface area contributed by atoms with Gasteiger partial charge in [-0.3, -0.25) is 9.63 Å². The first-order valence-corrected chi connectivity index (χ1v) is 3.17. The van der Waals surface area contributed by atoms with Crippen molar-refractivity contribution in [2.45, 2.75) is 20.8 Å². The Labute approximate surface area is 146 Å². The predicted molar refractivity (Wildman–Crippen MR) is 54.0 cm³/mol. The quantitative estimate of drug-likeness (QED) is 0.390. The summed E-state index contributed by atoms with van der Waals surface area (Å²) in [7, 11) is 3.00. The van der Waals surface area contributed by atoms with Gasteiger partial charge in [-0.2, -0.15) is 0 Å². The molecule has 0 saturated carbocycles. The Kier molecular flexibility index (Phi) is 58.9. The summed E-state index contributed by atoms with van der Waals surface area (Å²) in [5, 5.41) is 1.15.